The highest BCUT2D eigenvalue weighted by molar-refractivity contribution is 5.96. The Bertz CT molecular complexity index is 495. The minimum absolute atomic E-state index is 0.129. The van der Waals surface area contributed by atoms with Crippen LogP contribution in [0.1, 0.15) is 29.4 Å². The van der Waals surface area contributed by atoms with Gasteiger partial charge in [0.1, 0.15) is 6.04 Å². The van der Waals surface area contributed by atoms with E-state index in [1.54, 1.807) is 10.9 Å². The van der Waals surface area contributed by atoms with E-state index < -0.39 is 6.04 Å². The number of amides is 2. The lowest BCUT2D eigenvalue weighted by Gasteiger charge is -2.26. The van der Waals surface area contributed by atoms with E-state index in [4.69, 9.17) is 0 Å². The summed E-state index contributed by atoms with van der Waals surface area (Å²) in [6, 6.07) is -0.191. The van der Waals surface area contributed by atoms with Gasteiger partial charge in [-0.15, -0.1) is 5.10 Å². The molecule has 1 aromatic rings. The third-order valence-electron chi connectivity index (χ3n) is 3.47. The number of hydrogen-bond donors (Lipinski definition) is 3. The zero-order chi connectivity index (χ0) is 13.2. The molecule has 8 nitrogen and oxygen atoms in total. The normalized spacial score (nSPS) is 23.6. The summed E-state index contributed by atoms with van der Waals surface area (Å²) in [5, 5.41) is 16.3. The smallest absolute Gasteiger partial charge is 0.274 e. The van der Waals surface area contributed by atoms with Gasteiger partial charge in [-0.1, -0.05) is 5.21 Å². The van der Waals surface area contributed by atoms with E-state index >= 15 is 0 Å². The highest BCUT2D eigenvalue weighted by Gasteiger charge is 2.26. The standard InChI is InChI=1S/C11H16N6O2/c18-10-8(2-1-3-13-10)14-11(19)9-6-17(16-15-9)7-4-12-5-7/h6-8,12H,1-5H2,(H,13,18)(H,14,19). The Hall–Kier alpha value is -1.96. The van der Waals surface area contributed by atoms with Crippen LogP contribution in [0.3, 0.4) is 0 Å². The van der Waals surface area contributed by atoms with Crippen molar-refractivity contribution in [2.75, 3.05) is 19.6 Å². The van der Waals surface area contributed by atoms with E-state index in [9.17, 15) is 9.59 Å². The lowest BCUT2D eigenvalue weighted by atomic mass is 10.1. The van der Waals surface area contributed by atoms with Gasteiger partial charge in [-0.05, 0) is 12.8 Å². The monoisotopic (exact) mass is 264 g/mol. The molecule has 2 aliphatic heterocycles. The Balaban J connectivity index is 1.63. The molecule has 0 aromatic carbocycles. The Morgan fingerprint density at radius 3 is 3.00 bits per heavy atom. The number of aromatic nitrogens is 3. The van der Waals surface area contributed by atoms with Gasteiger partial charge < -0.3 is 16.0 Å². The lowest BCUT2D eigenvalue weighted by molar-refractivity contribution is -0.124. The van der Waals surface area contributed by atoms with Gasteiger partial charge in [-0.3, -0.25) is 9.59 Å². The summed E-state index contributed by atoms with van der Waals surface area (Å²) in [5.41, 5.74) is 0.255. The Morgan fingerprint density at radius 1 is 1.47 bits per heavy atom. The van der Waals surface area contributed by atoms with Gasteiger partial charge in [0.25, 0.3) is 5.91 Å². The molecule has 0 radical (unpaired) electrons. The molecule has 102 valence electrons. The molecule has 1 atom stereocenters. The van der Waals surface area contributed by atoms with Crippen molar-refractivity contribution in [3.63, 3.8) is 0 Å². The average Bonchev–Trinajstić information content (AvgIpc) is 2.79. The van der Waals surface area contributed by atoms with E-state index in [0.717, 1.165) is 19.5 Å². The summed E-state index contributed by atoms with van der Waals surface area (Å²) < 4.78 is 1.69. The number of piperidine rings is 1. The molecule has 1 aromatic heterocycles. The van der Waals surface area contributed by atoms with Gasteiger partial charge in [0, 0.05) is 19.6 Å². The molecule has 0 bridgehead atoms. The number of carbonyl (C=O) groups is 2. The van der Waals surface area contributed by atoms with Crippen LogP contribution in [-0.4, -0.2) is 52.5 Å². The third-order valence-corrected chi connectivity index (χ3v) is 3.47. The Morgan fingerprint density at radius 2 is 2.32 bits per heavy atom. The zero-order valence-corrected chi connectivity index (χ0v) is 10.4. The average molecular weight is 264 g/mol. The molecule has 8 heteroatoms. The molecule has 0 saturated carbocycles. The van der Waals surface area contributed by atoms with Crippen molar-refractivity contribution in [1.82, 2.24) is 30.9 Å². The van der Waals surface area contributed by atoms with Crippen LogP contribution < -0.4 is 16.0 Å². The fourth-order valence-corrected chi connectivity index (χ4v) is 2.16. The number of carbonyl (C=O) groups excluding carboxylic acids is 2. The first-order valence-corrected chi connectivity index (χ1v) is 6.45. The van der Waals surface area contributed by atoms with Crippen LogP contribution in [0.5, 0.6) is 0 Å². The van der Waals surface area contributed by atoms with Crippen molar-refractivity contribution in [1.29, 1.82) is 0 Å². The first kappa shape index (κ1) is 12.1. The predicted octanol–water partition coefficient (Wildman–Crippen LogP) is -1.57. The molecule has 3 N–H and O–H groups in total. The van der Waals surface area contributed by atoms with Gasteiger partial charge in [-0.2, -0.15) is 0 Å². The first-order valence-electron chi connectivity index (χ1n) is 6.45. The fourth-order valence-electron chi connectivity index (χ4n) is 2.16. The van der Waals surface area contributed by atoms with Crippen molar-refractivity contribution in [3.05, 3.63) is 11.9 Å². The first-order chi connectivity index (χ1) is 9.24. The zero-order valence-electron chi connectivity index (χ0n) is 10.4. The van der Waals surface area contributed by atoms with Gasteiger partial charge in [0.05, 0.1) is 12.2 Å². The summed E-state index contributed by atoms with van der Waals surface area (Å²) in [6.45, 7) is 2.36. The maximum absolute atomic E-state index is 12.0. The van der Waals surface area contributed by atoms with E-state index in [0.29, 0.717) is 13.0 Å². The SMILES string of the molecule is O=C(NC1CCCNC1=O)c1cn(C2CNC2)nn1. The Labute approximate surface area is 109 Å². The van der Waals surface area contributed by atoms with Crippen LogP contribution in [0.4, 0.5) is 0 Å². The molecule has 2 amide bonds. The topological polar surface area (TPSA) is 101 Å². The van der Waals surface area contributed by atoms with Gasteiger partial charge in [0.15, 0.2) is 5.69 Å². The molecule has 0 spiro atoms. The van der Waals surface area contributed by atoms with E-state index in [-0.39, 0.29) is 23.6 Å². The Kier molecular flexibility index (Phi) is 3.16. The van der Waals surface area contributed by atoms with Crippen LogP contribution in [-0.2, 0) is 4.79 Å². The number of hydrogen-bond acceptors (Lipinski definition) is 5. The molecule has 0 aliphatic carbocycles. The highest BCUT2D eigenvalue weighted by atomic mass is 16.2. The molecule has 2 aliphatic rings. The molecule has 19 heavy (non-hydrogen) atoms. The number of rotatable bonds is 3. The van der Waals surface area contributed by atoms with Crippen molar-refractivity contribution in [3.8, 4) is 0 Å². The summed E-state index contributed by atoms with van der Waals surface area (Å²) in [4.78, 5) is 23.5. The number of nitrogens with one attached hydrogen (secondary N) is 3. The van der Waals surface area contributed by atoms with Crippen LogP contribution in [0, 0.1) is 0 Å². The molecule has 3 heterocycles. The second-order valence-electron chi connectivity index (χ2n) is 4.86. The van der Waals surface area contributed by atoms with E-state index in [2.05, 4.69) is 26.3 Å². The molecular formula is C11H16N6O2. The van der Waals surface area contributed by atoms with E-state index in [1.165, 1.54) is 0 Å². The highest BCUT2D eigenvalue weighted by Crippen LogP contribution is 2.10. The maximum atomic E-state index is 12.0. The number of nitrogens with zero attached hydrogens (tertiary/aromatic N) is 3. The maximum Gasteiger partial charge on any atom is 0.274 e. The van der Waals surface area contributed by atoms with E-state index in [1.807, 2.05) is 0 Å². The lowest BCUT2D eigenvalue weighted by Crippen LogP contribution is -2.50. The van der Waals surface area contributed by atoms with Crippen molar-refractivity contribution >= 4 is 11.8 Å². The fraction of sp³-hybridized carbons (Fsp3) is 0.636. The van der Waals surface area contributed by atoms with Gasteiger partial charge in [0.2, 0.25) is 5.91 Å². The van der Waals surface area contributed by atoms with Crippen molar-refractivity contribution < 1.29 is 9.59 Å². The van der Waals surface area contributed by atoms with Crippen LogP contribution in [0.2, 0.25) is 0 Å². The molecule has 3 rings (SSSR count). The van der Waals surface area contributed by atoms with Crippen molar-refractivity contribution in [2.45, 2.75) is 24.9 Å². The molecule has 2 fully saturated rings. The van der Waals surface area contributed by atoms with Crippen LogP contribution >= 0.6 is 0 Å². The predicted molar refractivity (Wildman–Crippen MR) is 65.4 cm³/mol. The van der Waals surface area contributed by atoms with Gasteiger partial charge in [-0.25, -0.2) is 4.68 Å². The second-order valence-corrected chi connectivity index (χ2v) is 4.86. The summed E-state index contributed by atoms with van der Waals surface area (Å²) >= 11 is 0. The summed E-state index contributed by atoms with van der Waals surface area (Å²) in [7, 11) is 0. The van der Waals surface area contributed by atoms with Crippen molar-refractivity contribution in [2.24, 2.45) is 0 Å². The van der Waals surface area contributed by atoms with Gasteiger partial charge >= 0.3 is 0 Å². The molecule has 1 unspecified atom stereocenters. The molecular weight excluding hydrogens is 248 g/mol. The summed E-state index contributed by atoms with van der Waals surface area (Å²) in [5.74, 6) is -0.476. The minimum Gasteiger partial charge on any atom is -0.354 e. The summed E-state index contributed by atoms with van der Waals surface area (Å²) in [6.07, 6.45) is 3.16. The largest absolute Gasteiger partial charge is 0.354 e. The third kappa shape index (κ3) is 2.43. The molecule has 2 saturated heterocycles. The quantitative estimate of drug-likeness (QED) is 0.612. The van der Waals surface area contributed by atoms with Crippen LogP contribution in [0.15, 0.2) is 6.20 Å². The minimum atomic E-state index is -0.461. The second kappa shape index (κ2) is 4.96. The van der Waals surface area contributed by atoms with Crippen LogP contribution in [0.25, 0.3) is 0 Å².